The summed E-state index contributed by atoms with van der Waals surface area (Å²) in [5.74, 6) is -0.398. The molecule has 0 saturated heterocycles. The maximum Gasteiger partial charge on any atom is 0.511 e. The fourth-order valence-corrected chi connectivity index (χ4v) is 0.834. The summed E-state index contributed by atoms with van der Waals surface area (Å²) in [6.07, 6.45) is -1.40. The van der Waals surface area contributed by atoms with Gasteiger partial charge in [0.25, 0.3) is 0 Å². The molecular weight excluding hydrogens is 224 g/mol. The molecule has 0 aliphatic carbocycles. The van der Waals surface area contributed by atoms with E-state index in [2.05, 4.69) is 0 Å². The van der Waals surface area contributed by atoms with E-state index in [0.29, 0.717) is 6.42 Å². The summed E-state index contributed by atoms with van der Waals surface area (Å²) < 4.78 is 14.5. The lowest BCUT2D eigenvalue weighted by molar-refractivity contribution is -0.178. The predicted octanol–water partition coefficient (Wildman–Crippen LogP) is 2.87. The molecule has 1 atom stereocenters. The molecule has 0 aromatic carbocycles. The molecule has 5 nitrogen and oxygen atoms in total. The van der Waals surface area contributed by atoms with Crippen LogP contribution in [0.25, 0.3) is 0 Å². The highest BCUT2D eigenvalue weighted by Crippen LogP contribution is 2.22. The van der Waals surface area contributed by atoms with Crippen LogP contribution in [0.3, 0.4) is 0 Å². The van der Waals surface area contributed by atoms with E-state index in [1.165, 1.54) is 6.92 Å². The third-order valence-corrected chi connectivity index (χ3v) is 2.30. The summed E-state index contributed by atoms with van der Waals surface area (Å²) in [6.45, 7) is 10.3. The van der Waals surface area contributed by atoms with Gasteiger partial charge in [-0.05, 0) is 34.1 Å². The number of hydrogen-bond donors (Lipinski definition) is 0. The first-order chi connectivity index (χ1) is 7.69. The summed E-state index contributed by atoms with van der Waals surface area (Å²) >= 11 is 0. The van der Waals surface area contributed by atoms with Crippen molar-refractivity contribution in [2.45, 2.75) is 60.4 Å². The maximum atomic E-state index is 11.7. The number of hydrogen-bond acceptors (Lipinski definition) is 5. The van der Waals surface area contributed by atoms with E-state index in [0.717, 1.165) is 0 Å². The van der Waals surface area contributed by atoms with Crippen molar-refractivity contribution in [1.82, 2.24) is 0 Å². The lowest BCUT2D eigenvalue weighted by Crippen LogP contribution is -2.31. The van der Waals surface area contributed by atoms with Gasteiger partial charge in [-0.3, -0.25) is 4.79 Å². The van der Waals surface area contributed by atoms with E-state index in [9.17, 15) is 9.59 Å². The Hall–Kier alpha value is -1.26. The van der Waals surface area contributed by atoms with Gasteiger partial charge in [0.05, 0.1) is 11.5 Å². The van der Waals surface area contributed by atoms with Crippen LogP contribution < -0.4 is 0 Å². The third-order valence-electron chi connectivity index (χ3n) is 2.30. The van der Waals surface area contributed by atoms with Crippen molar-refractivity contribution in [2.24, 2.45) is 5.41 Å². The summed E-state index contributed by atoms with van der Waals surface area (Å²) in [5, 5.41) is 0. The second-order valence-corrected chi connectivity index (χ2v) is 4.74. The van der Waals surface area contributed by atoms with Crippen molar-refractivity contribution in [3.63, 3.8) is 0 Å². The average Bonchev–Trinajstić information content (AvgIpc) is 2.15. The number of ether oxygens (including phenoxy) is 3. The molecule has 0 aliphatic heterocycles. The van der Waals surface area contributed by atoms with Crippen molar-refractivity contribution in [1.29, 1.82) is 0 Å². The molecule has 100 valence electrons. The van der Waals surface area contributed by atoms with Crippen LogP contribution in [0.1, 0.15) is 48.0 Å². The van der Waals surface area contributed by atoms with Gasteiger partial charge in [-0.15, -0.1) is 0 Å². The molecule has 0 aromatic rings. The summed E-state index contributed by atoms with van der Waals surface area (Å²) in [7, 11) is 0. The average molecular weight is 246 g/mol. The molecule has 0 heterocycles. The molecule has 0 fully saturated rings. The minimum absolute atomic E-state index is 0.266. The standard InChI is InChI=1S/C12H22O5/c1-7-12(5,6)10(13)16-9(4)17-11(14)15-8(2)3/h8-9H,7H2,1-6H3. The molecule has 0 N–H and O–H groups in total. The Morgan fingerprint density at radius 3 is 2.00 bits per heavy atom. The maximum absolute atomic E-state index is 11.7. The minimum Gasteiger partial charge on any atom is -0.431 e. The topological polar surface area (TPSA) is 61.8 Å². The molecule has 17 heavy (non-hydrogen) atoms. The van der Waals surface area contributed by atoms with E-state index < -0.39 is 23.8 Å². The molecule has 0 spiro atoms. The van der Waals surface area contributed by atoms with Crippen LogP contribution in [0, 0.1) is 5.41 Å². The van der Waals surface area contributed by atoms with Gasteiger partial charge < -0.3 is 14.2 Å². The van der Waals surface area contributed by atoms with Crippen molar-refractivity contribution in [3.8, 4) is 0 Å². The third kappa shape index (κ3) is 6.14. The molecule has 0 radical (unpaired) electrons. The van der Waals surface area contributed by atoms with Crippen LogP contribution >= 0.6 is 0 Å². The van der Waals surface area contributed by atoms with Crippen LogP contribution in [0.4, 0.5) is 4.79 Å². The first-order valence-electron chi connectivity index (χ1n) is 5.77. The lowest BCUT2D eigenvalue weighted by atomic mass is 9.91. The number of rotatable bonds is 5. The molecule has 0 aromatic heterocycles. The first-order valence-corrected chi connectivity index (χ1v) is 5.77. The van der Waals surface area contributed by atoms with Crippen LogP contribution in [-0.2, 0) is 19.0 Å². The van der Waals surface area contributed by atoms with E-state index >= 15 is 0 Å². The highest BCUT2D eigenvalue weighted by Gasteiger charge is 2.29. The Morgan fingerprint density at radius 1 is 1.06 bits per heavy atom. The Bertz CT molecular complexity index is 270. The van der Waals surface area contributed by atoms with Crippen molar-refractivity contribution >= 4 is 12.1 Å². The SMILES string of the molecule is CCC(C)(C)C(=O)OC(C)OC(=O)OC(C)C. The fraction of sp³-hybridized carbons (Fsp3) is 0.833. The van der Waals surface area contributed by atoms with Crippen LogP contribution in [0.15, 0.2) is 0 Å². The summed E-state index contributed by atoms with van der Waals surface area (Å²) in [5.41, 5.74) is -0.584. The fourth-order valence-electron chi connectivity index (χ4n) is 0.834. The van der Waals surface area contributed by atoms with Gasteiger partial charge in [-0.2, -0.15) is 0 Å². The molecular formula is C12H22O5. The zero-order valence-corrected chi connectivity index (χ0v) is 11.4. The monoisotopic (exact) mass is 246 g/mol. The molecule has 0 aliphatic rings. The van der Waals surface area contributed by atoms with Crippen LogP contribution in [0.2, 0.25) is 0 Å². The van der Waals surface area contributed by atoms with Crippen LogP contribution in [-0.4, -0.2) is 24.5 Å². The molecule has 0 amide bonds. The number of carbonyl (C=O) groups is 2. The van der Waals surface area contributed by atoms with Crippen molar-refractivity contribution < 1.29 is 23.8 Å². The smallest absolute Gasteiger partial charge is 0.431 e. The molecule has 0 rings (SSSR count). The Balaban J connectivity index is 4.14. The number of carbonyl (C=O) groups excluding carboxylic acids is 2. The predicted molar refractivity (Wildman–Crippen MR) is 62.3 cm³/mol. The summed E-state index contributed by atoms with van der Waals surface area (Å²) in [6, 6.07) is 0. The Labute approximate surface area is 102 Å². The molecule has 0 saturated carbocycles. The zero-order chi connectivity index (χ0) is 13.6. The summed E-state index contributed by atoms with van der Waals surface area (Å²) in [4.78, 5) is 22.8. The van der Waals surface area contributed by atoms with E-state index in [1.54, 1.807) is 27.7 Å². The zero-order valence-electron chi connectivity index (χ0n) is 11.4. The van der Waals surface area contributed by atoms with E-state index in [4.69, 9.17) is 14.2 Å². The van der Waals surface area contributed by atoms with Gasteiger partial charge in [0, 0.05) is 6.92 Å². The van der Waals surface area contributed by atoms with E-state index in [1.807, 2.05) is 6.92 Å². The largest absolute Gasteiger partial charge is 0.511 e. The van der Waals surface area contributed by atoms with E-state index in [-0.39, 0.29) is 6.10 Å². The molecule has 0 bridgehead atoms. The van der Waals surface area contributed by atoms with Gasteiger partial charge in [0.2, 0.25) is 6.29 Å². The quantitative estimate of drug-likeness (QED) is 0.551. The Kier molecular flexibility index (Phi) is 5.99. The number of esters is 1. The first kappa shape index (κ1) is 15.7. The van der Waals surface area contributed by atoms with Crippen LogP contribution in [0.5, 0.6) is 0 Å². The minimum atomic E-state index is -0.945. The van der Waals surface area contributed by atoms with Gasteiger partial charge in [-0.25, -0.2) is 4.79 Å². The van der Waals surface area contributed by atoms with Gasteiger partial charge in [-0.1, -0.05) is 6.92 Å². The second kappa shape index (κ2) is 6.47. The van der Waals surface area contributed by atoms with Crippen molar-refractivity contribution in [3.05, 3.63) is 0 Å². The Morgan fingerprint density at radius 2 is 1.59 bits per heavy atom. The highest BCUT2D eigenvalue weighted by atomic mass is 16.8. The highest BCUT2D eigenvalue weighted by molar-refractivity contribution is 5.76. The molecule has 5 heteroatoms. The van der Waals surface area contributed by atoms with Crippen molar-refractivity contribution in [2.75, 3.05) is 0 Å². The van der Waals surface area contributed by atoms with Gasteiger partial charge in [0.1, 0.15) is 0 Å². The normalized spacial score (nSPS) is 13.1. The second-order valence-electron chi connectivity index (χ2n) is 4.74. The van der Waals surface area contributed by atoms with Gasteiger partial charge >= 0.3 is 12.1 Å². The molecule has 1 unspecified atom stereocenters. The van der Waals surface area contributed by atoms with Gasteiger partial charge in [0.15, 0.2) is 0 Å². The lowest BCUT2D eigenvalue weighted by Gasteiger charge is -2.23.